The van der Waals surface area contributed by atoms with Crippen molar-refractivity contribution in [2.75, 3.05) is 24.9 Å². The summed E-state index contributed by atoms with van der Waals surface area (Å²) in [6.45, 7) is 2.91. The van der Waals surface area contributed by atoms with E-state index in [0.717, 1.165) is 43.7 Å². The van der Waals surface area contributed by atoms with Crippen LogP contribution in [0.3, 0.4) is 0 Å². The fourth-order valence-electron chi connectivity index (χ4n) is 2.70. The zero-order valence-corrected chi connectivity index (χ0v) is 18.0. The molecule has 0 N–H and O–H groups in total. The van der Waals surface area contributed by atoms with Crippen molar-refractivity contribution in [2.45, 2.75) is 18.4 Å². The summed E-state index contributed by atoms with van der Waals surface area (Å²) in [6.07, 6.45) is 2.08. The molecule has 0 aliphatic heterocycles. The van der Waals surface area contributed by atoms with Gasteiger partial charge in [0.1, 0.15) is 5.75 Å². The van der Waals surface area contributed by atoms with E-state index in [4.69, 9.17) is 4.74 Å². The molecule has 1 amide bonds. The number of methoxy groups -OCH3 is 1. The van der Waals surface area contributed by atoms with E-state index in [1.807, 2.05) is 42.5 Å². The van der Waals surface area contributed by atoms with Crippen LogP contribution in [0.2, 0.25) is 0 Å². The molecule has 1 aromatic heterocycles. The summed E-state index contributed by atoms with van der Waals surface area (Å²) in [5, 5.41) is 0. The Labute approximate surface area is 171 Å². The van der Waals surface area contributed by atoms with Crippen molar-refractivity contribution in [1.29, 1.82) is 0 Å². The molecular formula is C20H22N2O2S3. The Balaban J connectivity index is 2.05. The van der Waals surface area contributed by atoms with Crippen molar-refractivity contribution in [1.82, 2.24) is 4.57 Å². The summed E-state index contributed by atoms with van der Waals surface area (Å²) < 4.78 is 8.52. The molecule has 0 spiro atoms. The fourth-order valence-corrected chi connectivity index (χ4v) is 4.87. The van der Waals surface area contributed by atoms with E-state index >= 15 is 0 Å². The standard InChI is InChI=1S/C20H22N2O2S3/c1-4-26-16-7-5-6-14(12-16)19(23)21-20-22(10-11-25-3)17-9-8-15(24-2)13-18(17)27-20/h5-9,12-13H,4,10-11H2,1-3H3. The van der Waals surface area contributed by atoms with Gasteiger partial charge in [0.25, 0.3) is 5.91 Å². The van der Waals surface area contributed by atoms with Crippen molar-refractivity contribution in [3.8, 4) is 5.75 Å². The van der Waals surface area contributed by atoms with Gasteiger partial charge in [-0.05, 0) is 48.4 Å². The van der Waals surface area contributed by atoms with E-state index in [0.29, 0.717) is 5.56 Å². The number of hydrogen-bond donors (Lipinski definition) is 0. The zero-order valence-electron chi connectivity index (χ0n) is 15.6. The number of thioether (sulfide) groups is 2. The van der Waals surface area contributed by atoms with Crippen molar-refractivity contribution in [2.24, 2.45) is 4.99 Å². The van der Waals surface area contributed by atoms with Crippen LogP contribution < -0.4 is 9.54 Å². The number of hydrogen-bond acceptors (Lipinski definition) is 5. The molecule has 142 valence electrons. The Hall–Kier alpha value is -1.70. The van der Waals surface area contributed by atoms with Gasteiger partial charge in [-0.25, -0.2) is 0 Å². The highest BCUT2D eigenvalue weighted by Crippen LogP contribution is 2.24. The lowest BCUT2D eigenvalue weighted by Crippen LogP contribution is -2.18. The number of rotatable bonds is 7. The highest BCUT2D eigenvalue weighted by Gasteiger charge is 2.10. The third-order valence-corrected chi connectivity index (χ3v) is 6.51. The fraction of sp³-hybridized carbons (Fsp3) is 0.300. The lowest BCUT2D eigenvalue weighted by molar-refractivity contribution is 0.0997. The number of benzene rings is 2. The van der Waals surface area contributed by atoms with Crippen LogP contribution >= 0.6 is 34.9 Å². The molecule has 3 rings (SSSR count). The number of aromatic nitrogens is 1. The van der Waals surface area contributed by atoms with E-state index in [1.54, 1.807) is 30.6 Å². The number of ether oxygens (including phenoxy) is 1. The molecule has 2 aromatic carbocycles. The lowest BCUT2D eigenvalue weighted by Gasteiger charge is -2.05. The SMILES string of the molecule is CCSc1cccc(C(=O)N=c2sc3cc(OC)ccc3n2CCSC)c1. The highest BCUT2D eigenvalue weighted by molar-refractivity contribution is 7.99. The lowest BCUT2D eigenvalue weighted by atomic mass is 10.2. The normalized spacial score (nSPS) is 11.9. The number of carbonyl (C=O) groups is 1. The van der Waals surface area contributed by atoms with Gasteiger partial charge in [-0.2, -0.15) is 16.8 Å². The first-order valence-corrected chi connectivity index (χ1v) is 11.8. The number of thiazole rings is 1. The Bertz CT molecular complexity index is 1010. The second-order valence-electron chi connectivity index (χ2n) is 5.74. The van der Waals surface area contributed by atoms with Gasteiger partial charge in [0.05, 0.1) is 17.3 Å². The predicted molar refractivity (Wildman–Crippen MR) is 117 cm³/mol. The number of nitrogens with zero attached hydrogens (tertiary/aromatic N) is 2. The smallest absolute Gasteiger partial charge is 0.279 e. The number of aryl methyl sites for hydroxylation is 1. The predicted octanol–water partition coefficient (Wildman–Crippen LogP) is 4.93. The number of fused-ring (bicyclic) bond motifs is 1. The third-order valence-electron chi connectivity index (χ3n) is 4.00. The monoisotopic (exact) mass is 418 g/mol. The first-order valence-electron chi connectivity index (χ1n) is 8.64. The molecule has 0 atom stereocenters. The molecule has 7 heteroatoms. The van der Waals surface area contributed by atoms with Gasteiger partial charge in [0, 0.05) is 22.8 Å². The average Bonchev–Trinajstić information content (AvgIpc) is 3.02. The zero-order chi connectivity index (χ0) is 19.2. The van der Waals surface area contributed by atoms with Crippen LogP contribution in [0.4, 0.5) is 0 Å². The summed E-state index contributed by atoms with van der Waals surface area (Å²) >= 11 is 5.02. The minimum Gasteiger partial charge on any atom is -0.497 e. The summed E-state index contributed by atoms with van der Waals surface area (Å²) in [4.78, 5) is 19.1. The minimum atomic E-state index is -0.204. The van der Waals surface area contributed by atoms with Crippen LogP contribution in [0, 0.1) is 0 Å². The maximum absolute atomic E-state index is 12.8. The molecule has 0 fully saturated rings. The van der Waals surface area contributed by atoms with E-state index in [-0.39, 0.29) is 5.91 Å². The molecule has 27 heavy (non-hydrogen) atoms. The molecule has 0 aliphatic carbocycles. The van der Waals surface area contributed by atoms with E-state index in [9.17, 15) is 4.79 Å². The first kappa shape index (κ1) is 20.0. The third kappa shape index (κ3) is 4.78. The van der Waals surface area contributed by atoms with Crippen LogP contribution in [-0.2, 0) is 6.54 Å². The second kappa shape index (κ2) is 9.48. The molecule has 0 aliphatic rings. The molecule has 0 saturated heterocycles. The summed E-state index contributed by atoms with van der Waals surface area (Å²) in [7, 11) is 1.66. The van der Waals surface area contributed by atoms with Gasteiger partial charge >= 0.3 is 0 Å². The van der Waals surface area contributed by atoms with Crippen molar-refractivity contribution >= 4 is 51.0 Å². The van der Waals surface area contributed by atoms with Gasteiger partial charge in [-0.1, -0.05) is 24.3 Å². The molecule has 0 bridgehead atoms. The molecular weight excluding hydrogens is 396 g/mol. The summed E-state index contributed by atoms with van der Waals surface area (Å²) in [5.41, 5.74) is 1.71. The molecule has 0 unspecified atom stereocenters. The molecule has 3 aromatic rings. The number of amides is 1. The quantitative estimate of drug-likeness (QED) is 0.511. The van der Waals surface area contributed by atoms with Gasteiger partial charge in [-0.3, -0.25) is 4.79 Å². The Kier molecular flexibility index (Phi) is 7.04. The topological polar surface area (TPSA) is 43.6 Å². The van der Waals surface area contributed by atoms with E-state index in [1.165, 1.54) is 11.3 Å². The number of carbonyl (C=O) groups excluding carboxylic acids is 1. The van der Waals surface area contributed by atoms with Gasteiger partial charge in [-0.15, -0.1) is 11.8 Å². The summed E-state index contributed by atoms with van der Waals surface area (Å²) in [5.74, 6) is 2.54. The average molecular weight is 419 g/mol. The molecule has 1 heterocycles. The molecule has 0 radical (unpaired) electrons. The van der Waals surface area contributed by atoms with Crippen molar-refractivity contribution in [3.63, 3.8) is 0 Å². The van der Waals surface area contributed by atoms with Crippen LogP contribution in [0.5, 0.6) is 5.75 Å². The minimum absolute atomic E-state index is 0.204. The Morgan fingerprint density at radius 2 is 2.11 bits per heavy atom. The van der Waals surface area contributed by atoms with Gasteiger partial charge < -0.3 is 9.30 Å². The Morgan fingerprint density at radius 3 is 2.85 bits per heavy atom. The van der Waals surface area contributed by atoms with Crippen molar-refractivity contribution < 1.29 is 9.53 Å². The summed E-state index contributed by atoms with van der Waals surface area (Å²) in [6, 6.07) is 13.7. The van der Waals surface area contributed by atoms with Crippen molar-refractivity contribution in [3.05, 3.63) is 52.8 Å². The maximum atomic E-state index is 12.8. The van der Waals surface area contributed by atoms with Crippen LogP contribution in [0.15, 0.2) is 52.4 Å². The molecule has 0 saturated carbocycles. The van der Waals surface area contributed by atoms with E-state index in [2.05, 4.69) is 22.7 Å². The largest absolute Gasteiger partial charge is 0.497 e. The van der Waals surface area contributed by atoms with Gasteiger partial charge in [0.15, 0.2) is 4.80 Å². The van der Waals surface area contributed by atoms with Crippen LogP contribution in [-0.4, -0.2) is 35.3 Å². The second-order valence-corrected chi connectivity index (χ2v) is 9.07. The molecule has 4 nitrogen and oxygen atoms in total. The first-order chi connectivity index (χ1) is 13.2. The Morgan fingerprint density at radius 1 is 1.26 bits per heavy atom. The van der Waals surface area contributed by atoms with Crippen LogP contribution in [0.25, 0.3) is 10.2 Å². The highest BCUT2D eigenvalue weighted by atomic mass is 32.2. The van der Waals surface area contributed by atoms with Crippen LogP contribution in [0.1, 0.15) is 17.3 Å². The van der Waals surface area contributed by atoms with Gasteiger partial charge in [0.2, 0.25) is 0 Å². The van der Waals surface area contributed by atoms with E-state index < -0.39 is 0 Å². The maximum Gasteiger partial charge on any atom is 0.279 e.